The molecule has 0 saturated heterocycles. The molecule has 0 nitrogen and oxygen atoms in total. The van der Waals surface area contributed by atoms with Crippen molar-refractivity contribution in [2.45, 2.75) is 31.8 Å². The van der Waals surface area contributed by atoms with Crippen LogP contribution < -0.4 is 0 Å². The molecular formula is C12H17BrS. The van der Waals surface area contributed by atoms with E-state index in [9.17, 15) is 0 Å². The fourth-order valence-electron chi connectivity index (χ4n) is 1.03. The summed E-state index contributed by atoms with van der Waals surface area (Å²) < 4.78 is 1.23. The summed E-state index contributed by atoms with van der Waals surface area (Å²) in [4.78, 5) is 0. The van der Waals surface area contributed by atoms with Crippen LogP contribution in [0, 0.1) is 5.92 Å². The smallest absolute Gasteiger partial charge is 0.0215 e. The monoisotopic (exact) mass is 272 g/mol. The van der Waals surface area contributed by atoms with Gasteiger partial charge in [0.05, 0.1) is 0 Å². The first-order valence-electron chi connectivity index (χ1n) is 4.96. The third-order valence-electron chi connectivity index (χ3n) is 2.40. The Kier molecular flexibility index (Phi) is 5.04. The lowest BCUT2D eigenvalue weighted by Crippen LogP contribution is -2.05. The van der Waals surface area contributed by atoms with Crippen LogP contribution in [0.25, 0.3) is 0 Å². The van der Waals surface area contributed by atoms with Crippen molar-refractivity contribution < 1.29 is 0 Å². The Morgan fingerprint density at radius 1 is 1.21 bits per heavy atom. The minimum Gasteiger partial charge on any atom is -0.154 e. The van der Waals surface area contributed by atoms with Crippen LogP contribution in [-0.2, 0) is 5.75 Å². The van der Waals surface area contributed by atoms with Crippen molar-refractivity contribution in [2.75, 3.05) is 0 Å². The lowest BCUT2D eigenvalue weighted by atomic mass is 10.2. The molecule has 78 valence electrons. The normalized spacial score (nSPS) is 13.2. The van der Waals surface area contributed by atoms with Gasteiger partial charge in [-0.25, -0.2) is 0 Å². The third kappa shape index (κ3) is 3.66. The Bertz CT molecular complexity index is 283. The summed E-state index contributed by atoms with van der Waals surface area (Å²) in [6.07, 6.45) is 0. The summed E-state index contributed by atoms with van der Waals surface area (Å²) in [5.74, 6) is 1.85. The van der Waals surface area contributed by atoms with Crippen molar-refractivity contribution in [1.29, 1.82) is 0 Å². The van der Waals surface area contributed by atoms with E-state index in [0.717, 1.165) is 16.9 Å². The Morgan fingerprint density at radius 2 is 1.86 bits per heavy atom. The summed E-state index contributed by atoms with van der Waals surface area (Å²) in [6, 6.07) is 8.45. The van der Waals surface area contributed by atoms with Gasteiger partial charge in [0.15, 0.2) is 0 Å². The number of hydrogen-bond donors (Lipinski definition) is 0. The summed E-state index contributed by atoms with van der Waals surface area (Å²) in [5.41, 5.74) is 1.39. The van der Waals surface area contributed by atoms with E-state index in [1.54, 1.807) is 0 Å². The average Bonchev–Trinajstić information content (AvgIpc) is 2.16. The van der Waals surface area contributed by atoms with Crippen LogP contribution in [0.2, 0.25) is 0 Å². The molecule has 0 aliphatic carbocycles. The van der Waals surface area contributed by atoms with Gasteiger partial charge in [-0.15, -0.1) is 0 Å². The summed E-state index contributed by atoms with van der Waals surface area (Å²) in [7, 11) is 0. The SMILES string of the molecule is CC(C)C(C)SCc1ccccc1Br. The first kappa shape index (κ1) is 12.1. The first-order valence-corrected chi connectivity index (χ1v) is 6.80. The molecule has 1 rings (SSSR count). The Labute approximate surface area is 99.6 Å². The van der Waals surface area contributed by atoms with Gasteiger partial charge in [0.25, 0.3) is 0 Å². The van der Waals surface area contributed by atoms with Crippen molar-refractivity contribution in [3.05, 3.63) is 34.3 Å². The van der Waals surface area contributed by atoms with Crippen LogP contribution in [0.15, 0.2) is 28.7 Å². The Balaban J connectivity index is 2.50. The minimum absolute atomic E-state index is 0.724. The van der Waals surface area contributed by atoms with Crippen LogP contribution in [0.5, 0.6) is 0 Å². The fourth-order valence-corrected chi connectivity index (χ4v) is 2.72. The number of halogens is 1. The molecule has 0 amide bonds. The highest BCUT2D eigenvalue weighted by Crippen LogP contribution is 2.26. The van der Waals surface area contributed by atoms with Crippen molar-refractivity contribution >= 4 is 27.7 Å². The zero-order valence-corrected chi connectivity index (χ0v) is 11.4. The van der Waals surface area contributed by atoms with Crippen LogP contribution in [-0.4, -0.2) is 5.25 Å². The average molecular weight is 273 g/mol. The van der Waals surface area contributed by atoms with Crippen molar-refractivity contribution in [2.24, 2.45) is 5.92 Å². The van der Waals surface area contributed by atoms with Crippen molar-refractivity contribution in [3.63, 3.8) is 0 Å². The van der Waals surface area contributed by atoms with Gasteiger partial charge in [-0.2, -0.15) is 11.8 Å². The second-order valence-corrected chi connectivity index (χ2v) is 6.07. The molecular weight excluding hydrogens is 256 g/mol. The molecule has 0 radical (unpaired) electrons. The van der Waals surface area contributed by atoms with Gasteiger partial charge in [-0.1, -0.05) is 54.9 Å². The van der Waals surface area contributed by atoms with E-state index in [4.69, 9.17) is 0 Å². The lowest BCUT2D eigenvalue weighted by Gasteiger charge is -2.15. The van der Waals surface area contributed by atoms with Gasteiger partial charge in [0, 0.05) is 15.5 Å². The summed E-state index contributed by atoms with van der Waals surface area (Å²) in [6.45, 7) is 6.85. The van der Waals surface area contributed by atoms with E-state index in [1.807, 2.05) is 11.8 Å². The van der Waals surface area contributed by atoms with Crippen LogP contribution in [0.3, 0.4) is 0 Å². The van der Waals surface area contributed by atoms with Gasteiger partial charge in [-0.05, 0) is 17.5 Å². The lowest BCUT2D eigenvalue weighted by molar-refractivity contribution is 0.642. The van der Waals surface area contributed by atoms with Crippen LogP contribution in [0.1, 0.15) is 26.3 Å². The van der Waals surface area contributed by atoms with Crippen LogP contribution >= 0.6 is 27.7 Å². The molecule has 1 aromatic rings. The maximum Gasteiger partial charge on any atom is 0.0215 e. The second-order valence-electron chi connectivity index (χ2n) is 3.85. The second kappa shape index (κ2) is 5.82. The van der Waals surface area contributed by atoms with E-state index in [1.165, 1.54) is 10.0 Å². The standard InChI is InChI=1S/C12H17BrS/c1-9(2)10(3)14-8-11-6-4-5-7-12(11)13/h4-7,9-10H,8H2,1-3H3. The number of rotatable bonds is 4. The molecule has 0 saturated carbocycles. The van der Waals surface area contributed by atoms with Gasteiger partial charge < -0.3 is 0 Å². The van der Waals surface area contributed by atoms with Gasteiger partial charge in [-0.3, -0.25) is 0 Å². The Morgan fingerprint density at radius 3 is 2.43 bits per heavy atom. The van der Waals surface area contributed by atoms with Crippen molar-refractivity contribution in [1.82, 2.24) is 0 Å². The zero-order valence-electron chi connectivity index (χ0n) is 8.96. The highest BCUT2D eigenvalue weighted by atomic mass is 79.9. The number of thioether (sulfide) groups is 1. The number of benzene rings is 1. The van der Waals surface area contributed by atoms with E-state index in [0.29, 0.717) is 0 Å². The molecule has 1 unspecified atom stereocenters. The molecule has 0 aliphatic heterocycles. The van der Waals surface area contributed by atoms with E-state index in [-0.39, 0.29) is 0 Å². The molecule has 14 heavy (non-hydrogen) atoms. The quantitative estimate of drug-likeness (QED) is 0.764. The number of hydrogen-bond acceptors (Lipinski definition) is 1. The van der Waals surface area contributed by atoms with Gasteiger partial charge in [0.1, 0.15) is 0 Å². The molecule has 0 N–H and O–H groups in total. The highest BCUT2D eigenvalue weighted by Gasteiger charge is 2.08. The highest BCUT2D eigenvalue weighted by molar-refractivity contribution is 9.10. The predicted molar refractivity (Wildman–Crippen MR) is 69.7 cm³/mol. The largest absolute Gasteiger partial charge is 0.154 e. The van der Waals surface area contributed by atoms with E-state index < -0.39 is 0 Å². The maximum atomic E-state index is 3.57. The van der Waals surface area contributed by atoms with Gasteiger partial charge in [0.2, 0.25) is 0 Å². The molecule has 0 heterocycles. The zero-order chi connectivity index (χ0) is 10.6. The topological polar surface area (TPSA) is 0 Å². The van der Waals surface area contributed by atoms with E-state index in [2.05, 4.69) is 61.0 Å². The fraction of sp³-hybridized carbons (Fsp3) is 0.500. The minimum atomic E-state index is 0.724. The molecule has 1 aromatic carbocycles. The molecule has 0 spiro atoms. The summed E-state index contributed by atoms with van der Waals surface area (Å²) in [5, 5.41) is 0.724. The van der Waals surface area contributed by atoms with E-state index >= 15 is 0 Å². The molecule has 2 heteroatoms. The molecule has 0 aliphatic rings. The predicted octanol–water partition coefficient (Wildman–Crippen LogP) is 4.73. The Hall–Kier alpha value is 0.0500. The first-order chi connectivity index (χ1) is 6.61. The summed E-state index contributed by atoms with van der Waals surface area (Å²) >= 11 is 5.59. The van der Waals surface area contributed by atoms with Crippen LogP contribution in [0.4, 0.5) is 0 Å². The maximum absolute atomic E-state index is 3.57. The molecule has 0 bridgehead atoms. The molecule has 1 atom stereocenters. The van der Waals surface area contributed by atoms with Gasteiger partial charge >= 0.3 is 0 Å². The van der Waals surface area contributed by atoms with Crippen molar-refractivity contribution in [3.8, 4) is 0 Å². The molecule has 0 fully saturated rings. The third-order valence-corrected chi connectivity index (χ3v) is 4.72. The molecule has 0 aromatic heterocycles.